The molecule has 0 bridgehead atoms. The van der Waals surface area contributed by atoms with Crippen molar-refractivity contribution in [3.8, 4) is 16.9 Å². The van der Waals surface area contributed by atoms with Crippen LogP contribution >= 0.6 is 0 Å². The first kappa shape index (κ1) is 24.2. The fourth-order valence-electron chi connectivity index (χ4n) is 4.46. The van der Waals surface area contributed by atoms with E-state index in [-0.39, 0.29) is 23.4 Å². The molecule has 8 heteroatoms. The largest absolute Gasteiger partial charge is 0.350 e. The zero-order valence-electron chi connectivity index (χ0n) is 20.9. The van der Waals surface area contributed by atoms with Crippen molar-refractivity contribution in [3.05, 3.63) is 101 Å². The minimum absolute atomic E-state index is 0.0568. The zero-order chi connectivity index (χ0) is 25.9. The van der Waals surface area contributed by atoms with Gasteiger partial charge in [0, 0.05) is 50.7 Å². The van der Waals surface area contributed by atoms with Crippen LogP contribution in [0.4, 0.5) is 0 Å². The number of piperazine rings is 1. The second-order valence-electron chi connectivity index (χ2n) is 9.39. The van der Waals surface area contributed by atoms with E-state index in [1.165, 1.54) is 4.68 Å². The number of hydrogen-bond donors (Lipinski definition) is 0. The lowest BCUT2D eigenvalue weighted by molar-refractivity contribution is -0.127. The summed E-state index contributed by atoms with van der Waals surface area (Å²) in [5, 5.41) is 4.56. The predicted octanol–water partition coefficient (Wildman–Crippen LogP) is 3.72. The Morgan fingerprint density at radius 2 is 1.49 bits per heavy atom. The predicted molar refractivity (Wildman–Crippen MR) is 143 cm³/mol. The van der Waals surface area contributed by atoms with Gasteiger partial charge in [-0.2, -0.15) is 9.78 Å². The van der Waals surface area contributed by atoms with Crippen LogP contribution in [-0.4, -0.2) is 62.1 Å². The number of aromatic nitrogens is 3. The molecule has 0 radical (unpaired) electrons. The maximum absolute atomic E-state index is 13.7. The van der Waals surface area contributed by atoms with Crippen LogP contribution < -0.4 is 5.56 Å². The van der Waals surface area contributed by atoms with Crippen molar-refractivity contribution in [2.75, 3.05) is 26.2 Å². The number of carbonyl (C=O) groups excluding carboxylic acids is 2. The van der Waals surface area contributed by atoms with Crippen LogP contribution in [0.2, 0.25) is 0 Å². The van der Waals surface area contributed by atoms with Gasteiger partial charge >= 0.3 is 0 Å². The minimum atomic E-state index is -0.258. The first-order valence-electron chi connectivity index (χ1n) is 12.4. The standard InChI is InChI=1S/C29H29N5O3/c1-21(2)33-19-24(27-25(20-33)29(37)34(30-27)23-11-7-4-8-12-23)28(36)32-17-15-31(16-18-32)26(35)14-13-22-9-5-3-6-10-22/h3-14,19-21H,15-18H2,1-2H3. The molecular formula is C29H29N5O3. The van der Waals surface area contributed by atoms with E-state index in [0.717, 1.165) is 5.56 Å². The van der Waals surface area contributed by atoms with Gasteiger partial charge in [0.2, 0.25) is 5.91 Å². The van der Waals surface area contributed by atoms with E-state index in [9.17, 15) is 14.4 Å². The number of para-hydroxylation sites is 1. The van der Waals surface area contributed by atoms with Crippen molar-refractivity contribution in [1.29, 1.82) is 0 Å². The Bertz CT molecular complexity index is 1460. The summed E-state index contributed by atoms with van der Waals surface area (Å²) in [4.78, 5) is 43.1. The maximum Gasteiger partial charge on any atom is 0.282 e. The average molecular weight is 496 g/mol. The molecule has 2 amide bonds. The third kappa shape index (κ3) is 4.95. The first-order chi connectivity index (χ1) is 17.9. The van der Waals surface area contributed by atoms with E-state index in [1.54, 1.807) is 34.3 Å². The van der Waals surface area contributed by atoms with Gasteiger partial charge in [0.1, 0.15) is 5.69 Å². The molecule has 5 rings (SSSR count). The van der Waals surface area contributed by atoms with Crippen LogP contribution in [0.1, 0.15) is 35.8 Å². The molecule has 8 nitrogen and oxygen atoms in total. The van der Waals surface area contributed by atoms with Crippen molar-refractivity contribution in [2.45, 2.75) is 19.9 Å². The van der Waals surface area contributed by atoms with Gasteiger partial charge in [-0.15, -0.1) is 0 Å². The lowest BCUT2D eigenvalue weighted by Crippen LogP contribution is -2.50. The summed E-state index contributed by atoms with van der Waals surface area (Å²) in [7, 11) is 0. The third-order valence-electron chi connectivity index (χ3n) is 6.61. The molecule has 0 spiro atoms. The fourth-order valence-corrected chi connectivity index (χ4v) is 4.46. The topological polar surface area (TPSA) is 80.4 Å². The van der Waals surface area contributed by atoms with E-state index in [1.807, 2.05) is 79.1 Å². The Morgan fingerprint density at radius 1 is 0.865 bits per heavy atom. The van der Waals surface area contributed by atoms with E-state index >= 15 is 0 Å². The number of pyridine rings is 1. The molecule has 3 aliphatic rings. The summed E-state index contributed by atoms with van der Waals surface area (Å²) < 4.78 is 3.23. The van der Waals surface area contributed by atoms with Crippen molar-refractivity contribution in [1.82, 2.24) is 24.1 Å². The van der Waals surface area contributed by atoms with Crippen molar-refractivity contribution in [3.63, 3.8) is 0 Å². The summed E-state index contributed by atoms with van der Waals surface area (Å²) in [6.45, 7) is 5.69. The molecule has 188 valence electrons. The normalized spacial score (nSPS) is 14.1. The van der Waals surface area contributed by atoms with Crippen molar-refractivity contribution < 1.29 is 9.59 Å². The molecule has 1 fully saturated rings. The number of benzene rings is 2. The van der Waals surface area contributed by atoms with Gasteiger partial charge < -0.3 is 14.4 Å². The smallest absolute Gasteiger partial charge is 0.282 e. The molecule has 0 aliphatic carbocycles. The van der Waals surface area contributed by atoms with Crippen LogP contribution in [0.25, 0.3) is 23.0 Å². The van der Waals surface area contributed by atoms with Crippen LogP contribution in [0.15, 0.2) is 83.9 Å². The molecule has 0 saturated carbocycles. The highest BCUT2D eigenvalue weighted by Gasteiger charge is 2.30. The number of carbonyl (C=O) groups is 2. The fraction of sp³-hybridized carbons (Fsp3) is 0.241. The molecule has 3 aliphatic heterocycles. The van der Waals surface area contributed by atoms with E-state index in [2.05, 4.69) is 5.10 Å². The molecule has 0 atom stereocenters. The summed E-state index contributed by atoms with van der Waals surface area (Å²) in [6.07, 6.45) is 6.92. The van der Waals surface area contributed by atoms with E-state index in [4.69, 9.17) is 0 Å². The monoisotopic (exact) mass is 495 g/mol. The lowest BCUT2D eigenvalue weighted by atomic mass is 10.1. The highest BCUT2D eigenvalue weighted by Crippen LogP contribution is 2.25. The van der Waals surface area contributed by atoms with Gasteiger partial charge in [-0.3, -0.25) is 14.4 Å². The molecule has 0 N–H and O–H groups in total. The molecule has 0 aromatic heterocycles. The molecular weight excluding hydrogens is 466 g/mol. The molecule has 2 aromatic carbocycles. The Morgan fingerprint density at radius 3 is 2.14 bits per heavy atom. The lowest BCUT2D eigenvalue weighted by Gasteiger charge is -2.34. The van der Waals surface area contributed by atoms with Crippen LogP contribution in [0.5, 0.6) is 0 Å². The molecule has 1 saturated heterocycles. The second kappa shape index (κ2) is 10.3. The maximum atomic E-state index is 13.7. The number of hydrogen-bond acceptors (Lipinski definition) is 4. The first-order valence-corrected chi connectivity index (χ1v) is 12.4. The average Bonchev–Trinajstić information content (AvgIpc) is 3.28. The van der Waals surface area contributed by atoms with Crippen molar-refractivity contribution >= 4 is 17.9 Å². The Kier molecular flexibility index (Phi) is 6.72. The number of nitrogens with zero attached hydrogens (tertiary/aromatic N) is 5. The number of fused-ring (bicyclic) bond motifs is 1. The van der Waals surface area contributed by atoms with Crippen LogP contribution in [0.3, 0.4) is 0 Å². The Labute approximate surface area is 215 Å². The van der Waals surface area contributed by atoms with Crippen molar-refractivity contribution in [2.24, 2.45) is 0 Å². The summed E-state index contributed by atoms with van der Waals surface area (Å²) in [5.41, 5.74) is 2.54. The van der Waals surface area contributed by atoms with E-state index < -0.39 is 0 Å². The van der Waals surface area contributed by atoms with Crippen LogP contribution in [-0.2, 0) is 4.79 Å². The van der Waals surface area contributed by atoms with Crippen LogP contribution in [0, 0.1) is 0 Å². The van der Waals surface area contributed by atoms with Gasteiger partial charge in [0.05, 0.1) is 16.8 Å². The van der Waals surface area contributed by atoms with Gasteiger partial charge in [-0.05, 0) is 37.6 Å². The van der Waals surface area contributed by atoms with Gasteiger partial charge in [0.25, 0.3) is 11.5 Å². The highest BCUT2D eigenvalue weighted by molar-refractivity contribution is 6.00. The SMILES string of the molecule is CC(C)n1cc(C(=O)N2CCN(C(=O)C=Cc3ccccc3)CC2)c2nn(-c3ccccc3)c(=O)c-2c1. The van der Waals surface area contributed by atoms with Gasteiger partial charge in [-0.25, -0.2) is 0 Å². The second-order valence-corrected chi connectivity index (χ2v) is 9.39. The Hall–Kier alpha value is -4.46. The zero-order valence-corrected chi connectivity index (χ0v) is 20.9. The molecule has 2 aromatic rings. The molecule has 3 heterocycles. The van der Waals surface area contributed by atoms with E-state index in [0.29, 0.717) is 48.7 Å². The summed E-state index contributed by atoms with van der Waals surface area (Å²) in [5.74, 6) is -0.266. The van der Waals surface area contributed by atoms with Gasteiger partial charge in [-0.1, -0.05) is 48.5 Å². The minimum Gasteiger partial charge on any atom is -0.350 e. The number of amides is 2. The summed E-state index contributed by atoms with van der Waals surface area (Å²) in [6, 6.07) is 18.9. The van der Waals surface area contributed by atoms with Gasteiger partial charge in [0.15, 0.2) is 0 Å². The number of rotatable bonds is 5. The summed E-state index contributed by atoms with van der Waals surface area (Å²) >= 11 is 0. The quantitative estimate of drug-likeness (QED) is 0.395. The highest BCUT2D eigenvalue weighted by atomic mass is 16.2. The third-order valence-corrected chi connectivity index (χ3v) is 6.61. The Balaban J connectivity index is 1.38. The molecule has 0 unspecified atom stereocenters. The molecule has 37 heavy (non-hydrogen) atoms.